The average molecular weight is 284 g/mol. The Labute approximate surface area is 119 Å². The topological polar surface area (TPSA) is 70.1 Å². The first-order valence-corrected chi connectivity index (χ1v) is 7.43. The summed E-state index contributed by atoms with van der Waals surface area (Å²) < 4.78 is 5.64. The van der Waals surface area contributed by atoms with Gasteiger partial charge in [0.15, 0.2) is 0 Å². The number of amides is 1. The van der Waals surface area contributed by atoms with Gasteiger partial charge >= 0.3 is 5.97 Å². The fraction of sp³-hybridized carbons (Fsp3) is 0.857. The largest absolute Gasteiger partial charge is 0.481 e. The molecule has 0 spiro atoms. The van der Waals surface area contributed by atoms with E-state index in [1.807, 2.05) is 0 Å². The molecule has 2 unspecified atom stereocenters. The molecular weight excluding hydrogens is 260 g/mol. The van der Waals surface area contributed by atoms with E-state index in [9.17, 15) is 9.59 Å². The number of nitrogens with zero attached hydrogens (tertiary/aromatic N) is 2. The van der Waals surface area contributed by atoms with Crippen molar-refractivity contribution in [2.45, 2.75) is 32.3 Å². The first kappa shape index (κ1) is 15.3. The first-order valence-electron chi connectivity index (χ1n) is 7.43. The maximum atomic E-state index is 12.0. The van der Waals surface area contributed by atoms with Gasteiger partial charge < -0.3 is 14.7 Å². The van der Waals surface area contributed by atoms with Gasteiger partial charge in [-0.3, -0.25) is 14.5 Å². The van der Waals surface area contributed by atoms with Crippen molar-refractivity contribution >= 4 is 11.9 Å². The highest BCUT2D eigenvalue weighted by Crippen LogP contribution is 2.15. The molecule has 2 aliphatic heterocycles. The lowest BCUT2D eigenvalue weighted by atomic mass is 10.1. The summed E-state index contributed by atoms with van der Waals surface area (Å²) in [6.45, 7) is 6.26. The van der Waals surface area contributed by atoms with Gasteiger partial charge in [0.25, 0.3) is 0 Å². The third-order valence-corrected chi connectivity index (χ3v) is 4.13. The van der Waals surface area contributed by atoms with Crippen LogP contribution >= 0.6 is 0 Å². The van der Waals surface area contributed by atoms with Crippen molar-refractivity contribution in [3.05, 3.63) is 0 Å². The molecular formula is C14H24N2O4. The Morgan fingerprint density at radius 1 is 1.25 bits per heavy atom. The van der Waals surface area contributed by atoms with Crippen LogP contribution < -0.4 is 0 Å². The molecule has 2 saturated heterocycles. The molecule has 20 heavy (non-hydrogen) atoms. The molecule has 2 aliphatic rings. The predicted octanol–water partition coefficient (Wildman–Crippen LogP) is 0.420. The molecule has 0 aliphatic carbocycles. The summed E-state index contributed by atoms with van der Waals surface area (Å²) in [5.74, 6) is -2.26. The van der Waals surface area contributed by atoms with Crippen LogP contribution in [-0.2, 0) is 14.3 Å². The number of aliphatic carboxylic acids is 1. The van der Waals surface area contributed by atoms with Gasteiger partial charge in [0, 0.05) is 32.8 Å². The first-order chi connectivity index (χ1) is 9.58. The number of carboxylic acid groups (broad SMARTS) is 1. The van der Waals surface area contributed by atoms with Crippen LogP contribution in [-0.4, -0.2) is 72.2 Å². The summed E-state index contributed by atoms with van der Waals surface area (Å²) in [5, 5.41) is 8.92. The zero-order valence-corrected chi connectivity index (χ0v) is 12.1. The summed E-state index contributed by atoms with van der Waals surface area (Å²) >= 11 is 0. The molecule has 114 valence electrons. The van der Waals surface area contributed by atoms with E-state index in [1.165, 1.54) is 6.92 Å². The number of carbonyl (C=O) groups excluding carboxylic acids is 1. The van der Waals surface area contributed by atoms with Crippen LogP contribution in [0.5, 0.6) is 0 Å². The second-order valence-electron chi connectivity index (χ2n) is 5.67. The molecule has 2 rings (SSSR count). The zero-order chi connectivity index (χ0) is 14.5. The fourth-order valence-electron chi connectivity index (χ4n) is 2.83. The highest BCUT2D eigenvalue weighted by atomic mass is 16.5. The maximum Gasteiger partial charge on any atom is 0.315 e. The Kier molecular flexibility index (Phi) is 5.37. The number of hydrogen-bond acceptors (Lipinski definition) is 4. The van der Waals surface area contributed by atoms with E-state index in [-0.39, 0.29) is 5.91 Å². The van der Waals surface area contributed by atoms with Crippen LogP contribution in [0.15, 0.2) is 0 Å². The second-order valence-corrected chi connectivity index (χ2v) is 5.67. The van der Waals surface area contributed by atoms with Gasteiger partial charge in [0.2, 0.25) is 5.91 Å². The van der Waals surface area contributed by atoms with E-state index in [2.05, 4.69) is 4.90 Å². The highest BCUT2D eigenvalue weighted by molar-refractivity contribution is 5.96. The quantitative estimate of drug-likeness (QED) is 0.758. The molecule has 1 amide bonds. The monoisotopic (exact) mass is 284 g/mol. The van der Waals surface area contributed by atoms with Gasteiger partial charge in [-0.25, -0.2) is 0 Å². The highest BCUT2D eigenvalue weighted by Gasteiger charge is 2.28. The van der Waals surface area contributed by atoms with Crippen LogP contribution in [0.1, 0.15) is 26.2 Å². The lowest BCUT2D eigenvalue weighted by Gasteiger charge is -2.24. The minimum atomic E-state index is -1.05. The fourth-order valence-corrected chi connectivity index (χ4v) is 2.83. The van der Waals surface area contributed by atoms with Crippen molar-refractivity contribution in [1.82, 2.24) is 9.80 Å². The molecule has 0 aromatic rings. The van der Waals surface area contributed by atoms with E-state index in [0.717, 1.165) is 45.5 Å². The molecule has 0 bridgehead atoms. The summed E-state index contributed by atoms with van der Waals surface area (Å²) in [7, 11) is 0. The van der Waals surface area contributed by atoms with Crippen LogP contribution in [0.25, 0.3) is 0 Å². The molecule has 2 fully saturated rings. The number of carboxylic acids is 1. The second kappa shape index (κ2) is 7.04. The Morgan fingerprint density at radius 2 is 2.05 bits per heavy atom. The van der Waals surface area contributed by atoms with Crippen molar-refractivity contribution in [3.8, 4) is 0 Å². The maximum absolute atomic E-state index is 12.0. The summed E-state index contributed by atoms with van der Waals surface area (Å²) in [4.78, 5) is 27.0. The molecule has 1 N–H and O–H groups in total. The molecule has 0 aromatic carbocycles. The van der Waals surface area contributed by atoms with Gasteiger partial charge in [0.1, 0.15) is 5.92 Å². The standard InChI is InChI=1S/C14H24N2O4/c1-11(14(18)19)13(17)16-6-3-5-15(7-8-16)10-12-4-2-9-20-12/h11-12H,2-10H2,1H3,(H,18,19). The van der Waals surface area contributed by atoms with E-state index in [1.54, 1.807) is 4.90 Å². The third-order valence-electron chi connectivity index (χ3n) is 4.13. The number of hydrogen-bond donors (Lipinski definition) is 1. The lowest BCUT2D eigenvalue weighted by molar-refractivity contribution is -0.150. The Bertz CT molecular complexity index is 355. The Balaban J connectivity index is 1.82. The third kappa shape index (κ3) is 3.93. The molecule has 0 aromatic heterocycles. The van der Waals surface area contributed by atoms with Crippen LogP contribution in [0.3, 0.4) is 0 Å². The van der Waals surface area contributed by atoms with Gasteiger partial charge in [-0.1, -0.05) is 0 Å². The molecule has 0 saturated carbocycles. The van der Waals surface area contributed by atoms with Crippen molar-refractivity contribution in [1.29, 1.82) is 0 Å². The SMILES string of the molecule is CC(C(=O)O)C(=O)N1CCCN(CC2CCCO2)CC1. The Morgan fingerprint density at radius 3 is 2.70 bits per heavy atom. The molecule has 6 nitrogen and oxygen atoms in total. The molecule has 0 radical (unpaired) electrons. The number of ether oxygens (including phenoxy) is 1. The minimum Gasteiger partial charge on any atom is -0.481 e. The van der Waals surface area contributed by atoms with Crippen LogP contribution in [0, 0.1) is 5.92 Å². The minimum absolute atomic E-state index is 0.267. The molecule has 2 atom stereocenters. The summed E-state index contributed by atoms with van der Waals surface area (Å²) in [6.07, 6.45) is 3.48. The van der Waals surface area contributed by atoms with Crippen molar-refractivity contribution in [3.63, 3.8) is 0 Å². The number of carbonyl (C=O) groups is 2. The van der Waals surface area contributed by atoms with Gasteiger partial charge in [0.05, 0.1) is 6.10 Å². The van der Waals surface area contributed by atoms with Crippen molar-refractivity contribution < 1.29 is 19.4 Å². The van der Waals surface area contributed by atoms with Gasteiger partial charge in [-0.2, -0.15) is 0 Å². The van der Waals surface area contributed by atoms with Gasteiger partial charge in [-0.05, 0) is 32.7 Å². The van der Waals surface area contributed by atoms with Crippen LogP contribution in [0.4, 0.5) is 0 Å². The van der Waals surface area contributed by atoms with Crippen molar-refractivity contribution in [2.75, 3.05) is 39.3 Å². The summed E-state index contributed by atoms with van der Waals surface area (Å²) in [5.41, 5.74) is 0. The average Bonchev–Trinajstić information content (AvgIpc) is 2.82. The smallest absolute Gasteiger partial charge is 0.315 e. The van der Waals surface area contributed by atoms with E-state index >= 15 is 0 Å². The van der Waals surface area contributed by atoms with E-state index in [4.69, 9.17) is 9.84 Å². The van der Waals surface area contributed by atoms with E-state index < -0.39 is 11.9 Å². The molecule has 2 heterocycles. The Hall–Kier alpha value is -1.14. The zero-order valence-electron chi connectivity index (χ0n) is 12.1. The van der Waals surface area contributed by atoms with Crippen molar-refractivity contribution in [2.24, 2.45) is 5.92 Å². The summed E-state index contributed by atoms with van der Waals surface area (Å²) in [6, 6.07) is 0. The molecule has 6 heteroatoms. The normalized spacial score (nSPS) is 26.2. The predicted molar refractivity (Wildman–Crippen MR) is 73.4 cm³/mol. The lowest BCUT2D eigenvalue weighted by Crippen LogP contribution is -2.41. The number of rotatable bonds is 4. The van der Waals surface area contributed by atoms with E-state index in [0.29, 0.717) is 19.2 Å². The van der Waals surface area contributed by atoms with Crippen LogP contribution in [0.2, 0.25) is 0 Å². The van der Waals surface area contributed by atoms with Gasteiger partial charge in [-0.15, -0.1) is 0 Å².